The van der Waals surface area contributed by atoms with Crippen LogP contribution in [0.1, 0.15) is 63.4 Å². The number of aromatic nitrogens is 2. The van der Waals surface area contributed by atoms with E-state index in [0.717, 1.165) is 36.3 Å². The molecule has 6 heteroatoms. The molecule has 0 saturated heterocycles. The maximum Gasteiger partial charge on any atom is 0.329 e. The summed E-state index contributed by atoms with van der Waals surface area (Å²) in [5.74, 6) is -0.161. The second kappa shape index (κ2) is 7.58. The monoisotopic (exact) mass is 349 g/mol. The van der Waals surface area contributed by atoms with E-state index in [-0.39, 0.29) is 12.3 Å². The first-order valence-electron chi connectivity index (χ1n) is 9.22. The summed E-state index contributed by atoms with van der Waals surface area (Å²) in [6.07, 6.45) is 2.84. The van der Waals surface area contributed by atoms with Crippen molar-refractivity contribution in [2.45, 2.75) is 78.8 Å². The normalized spacial score (nSPS) is 23.7. The molecular formula is C19H31N3O3. The van der Waals surface area contributed by atoms with Crippen molar-refractivity contribution in [2.75, 3.05) is 0 Å². The van der Waals surface area contributed by atoms with Crippen LogP contribution in [0.4, 0.5) is 0 Å². The summed E-state index contributed by atoms with van der Waals surface area (Å²) < 4.78 is 1.94. The highest BCUT2D eigenvalue weighted by Gasteiger charge is 2.42. The highest BCUT2D eigenvalue weighted by molar-refractivity contribution is 5.88. The maximum atomic E-state index is 12.6. The Hall–Kier alpha value is -1.85. The summed E-state index contributed by atoms with van der Waals surface area (Å²) in [4.78, 5) is 24.4. The molecule has 0 spiro atoms. The molecule has 1 amide bonds. The zero-order valence-electron chi connectivity index (χ0n) is 16.1. The molecule has 6 nitrogen and oxygen atoms in total. The number of carboxylic acids is 1. The summed E-state index contributed by atoms with van der Waals surface area (Å²) in [6, 6.07) is 0. The van der Waals surface area contributed by atoms with Crippen LogP contribution in [-0.4, -0.2) is 32.3 Å². The number of rotatable bonds is 6. The largest absolute Gasteiger partial charge is 0.480 e. The van der Waals surface area contributed by atoms with E-state index in [1.807, 2.05) is 18.5 Å². The van der Waals surface area contributed by atoms with Crippen molar-refractivity contribution < 1.29 is 14.7 Å². The maximum absolute atomic E-state index is 12.6. The number of hydrogen-bond acceptors (Lipinski definition) is 3. The van der Waals surface area contributed by atoms with Gasteiger partial charge in [-0.15, -0.1) is 0 Å². The highest BCUT2D eigenvalue weighted by atomic mass is 16.4. The average Bonchev–Trinajstić information content (AvgIpc) is 2.76. The first kappa shape index (κ1) is 19.5. The number of aryl methyl sites for hydroxylation is 1. The molecule has 140 valence electrons. The van der Waals surface area contributed by atoms with Crippen molar-refractivity contribution in [2.24, 2.45) is 11.8 Å². The van der Waals surface area contributed by atoms with Crippen LogP contribution >= 0.6 is 0 Å². The zero-order valence-corrected chi connectivity index (χ0v) is 16.1. The van der Waals surface area contributed by atoms with Gasteiger partial charge < -0.3 is 10.4 Å². The van der Waals surface area contributed by atoms with Crippen molar-refractivity contribution in [3.63, 3.8) is 0 Å². The Balaban J connectivity index is 2.11. The molecule has 2 N–H and O–H groups in total. The number of hydrogen-bond donors (Lipinski definition) is 2. The molecule has 1 aliphatic rings. The van der Waals surface area contributed by atoms with Gasteiger partial charge in [0.25, 0.3) is 0 Å². The molecule has 0 aromatic carbocycles. The highest BCUT2D eigenvalue weighted by Crippen LogP contribution is 2.32. The summed E-state index contributed by atoms with van der Waals surface area (Å²) in [7, 11) is 0. The van der Waals surface area contributed by atoms with Gasteiger partial charge in [0, 0.05) is 17.8 Å². The van der Waals surface area contributed by atoms with Crippen molar-refractivity contribution in [1.29, 1.82) is 0 Å². The van der Waals surface area contributed by atoms with E-state index in [0.29, 0.717) is 24.7 Å². The lowest BCUT2D eigenvalue weighted by atomic mass is 9.77. The quantitative estimate of drug-likeness (QED) is 0.827. The Morgan fingerprint density at radius 2 is 1.92 bits per heavy atom. The van der Waals surface area contributed by atoms with Gasteiger partial charge in [-0.2, -0.15) is 5.10 Å². The van der Waals surface area contributed by atoms with Gasteiger partial charge in [0.15, 0.2) is 0 Å². The Kier molecular flexibility index (Phi) is 5.91. The van der Waals surface area contributed by atoms with Gasteiger partial charge >= 0.3 is 5.97 Å². The lowest BCUT2D eigenvalue weighted by Gasteiger charge is -2.36. The Morgan fingerprint density at radius 1 is 1.32 bits per heavy atom. The van der Waals surface area contributed by atoms with Crippen LogP contribution < -0.4 is 5.32 Å². The fourth-order valence-electron chi connectivity index (χ4n) is 3.63. The lowest BCUT2D eigenvalue weighted by molar-refractivity contribution is -0.149. The van der Waals surface area contributed by atoms with Gasteiger partial charge in [0.05, 0.1) is 12.1 Å². The molecule has 0 radical (unpaired) electrons. The van der Waals surface area contributed by atoms with Gasteiger partial charge in [-0.05, 0) is 51.4 Å². The smallest absolute Gasteiger partial charge is 0.329 e. The van der Waals surface area contributed by atoms with E-state index < -0.39 is 11.5 Å². The predicted octanol–water partition coefficient (Wildman–Crippen LogP) is 2.85. The number of amides is 1. The number of aliphatic carboxylic acids is 1. The molecule has 1 aromatic heterocycles. The third-order valence-corrected chi connectivity index (χ3v) is 5.32. The Morgan fingerprint density at radius 3 is 2.44 bits per heavy atom. The second-order valence-electron chi connectivity index (χ2n) is 8.02. The first-order chi connectivity index (χ1) is 11.6. The number of carboxylic acid groups (broad SMARTS) is 1. The van der Waals surface area contributed by atoms with Crippen LogP contribution in [0.2, 0.25) is 0 Å². The van der Waals surface area contributed by atoms with E-state index in [9.17, 15) is 14.7 Å². The molecule has 25 heavy (non-hydrogen) atoms. The molecule has 1 heterocycles. The SMILES string of the molecule is Cc1nn(CC(C)C)c(C)c1CC(=O)NC1(C(=O)O)CCC(C)CC1. The summed E-state index contributed by atoms with van der Waals surface area (Å²) in [6.45, 7) is 11.1. The molecule has 0 aliphatic heterocycles. The number of carbonyl (C=O) groups is 2. The van der Waals surface area contributed by atoms with E-state index >= 15 is 0 Å². The molecule has 0 unspecified atom stereocenters. The van der Waals surface area contributed by atoms with Crippen molar-refractivity contribution in [3.05, 3.63) is 17.0 Å². The van der Waals surface area contributed by atoms with Crippen LogP contribution in [0, 0.1) is 25.7 Å². The van der Waals surface area contributed by atoms with Gasteiger partial charge in [-0.1, -0.05) is 20.8 Å². The van der Waals surface area contributed by atoms with Gasteiger partial charge in [0.1, 0.15) is 5.54 Å². The Labute approximate surface area is 150 Å². The molecule has 2 rings (SSSR count). The fourth-order valence-corrected chi connectivity index (χ4v) is 3.63. The van der Waals surface area contributed by atoms with E-state index in [4.69, 9.17) is 0 Å². The van der Waals surface area contributed by atoms with Crippen LogP contribution in [0.15, 0.2) is 0 Å². The molecule has 1 saturated carbocycles. The van der Waals surface area contributed by atoms with E-state index in [2.05, 4.69) is 31.2 Å². The molecule has 0 atom stereocenters. The molecule has 1 fully saturated rings. The molecule has 1 aromatic rings. The minimum absolute atomic E-state index is 0.181. The zero-order chi connectivity index (χ0) is 18.8. The van der Waals surface area contributed by atoms with Crippen LogP contribution in [-0.2, 0) is 22.6 Å². The second-order valence-corrected chi connectivity index (χ2v) is 8.02. The van der Waals surface area contributed by atoms with E-state index in [1.54, 1.807) is 0 Å². The van der Waals surface area contributed by atoms with Crippen molar-refractivity contribution >= 4 is 11.9 Å². The predicted molar refractivity (Wildman–Crippen MR) is 96.4 cm³/mol. The van der Waals surface area contributed by atoms with Gasteiger partial charge in [-0.25, -0.2) is 4.79 Å². The van der Waals surface area contributed by atoms with Gasteiger partial charge in [0.2, 0.25) is 5.91 Å². The summed E-state index contributed by atoms with van der Waals surface area (Å²) in [5.41, 5.74) is 1.63. The van der Waals surface area contributed by atoms with Crippen molar-refractivity contribution in [1.82, 2.24) is 15.1 Å². The summed E-state index contributed by atoms with van der Waals surface area (Å²) >= 11 is 0. The standard InChI is InChI=1S/C19H31N3O3/c1-12(2)11-22-15(5)16(14(4)21-22)10-17(23)20-19(18(24)25)8-6-13(3)7-9-19/h12-13H,6-11H2,1-5H3,(H,20,23)(H,24,25). The molecular weight excluding hydrogens is 318 g/mol. The molecule has 1 aliphatic carbocycles. The Bertz CT molecular complexity index is 641. The van der Waals surface area contributed by atoms with E-state index in [1.165, 1.54) is 0 Å². The first-order valence-corrected chi connectivity index (χ1v) is 9.22. The number of carbonyl (C=O) groups excluding carboxylic acids is 1. The minimum atomic E-state index is -1.11. The third-order valence-electron chi connectivity index (χ3n) is 5.32. The fraction of sp³-hybridized carbons (Fsp3) is 0.737. The number of nitrogens with zero attached hydrogens (tertiary/aromatic N) is 2. The topological polar surface area (TPSA) is 84.2 Å². The number of nitrogens with one attached hydrogen (secondary N) is 1. The minimum Gasteiger partial charge on any atom is -0.480 e. The van der Waals surface area contributed by atoms with Crippen molar-refractivity contribution in [3.8, 4) is 0 Å². The van der Waals surface area contributed by atoms with Crippen LogP contribution in [0.25, 0.3) is 0 Å². The van der Waals surface area contributed by atoms with Crippen LogP contribution in [0.3, 0.4) is 0 Å². The third kappa shape index (κ3) is 4.41. The summed E-state index contributed by atoms with van der Waals surface area (Å²) in [5, 5.41) is 17.0. The van der Waals surface area contributed by atoms with Crippen LogP contribution in [0.5, 0.6) is 0 Å². The average molecular weight is 349 g/mol. The lowest BCUT2D eigenvalue weighted by Crippen LogP contribution is -2.56. The molecule has 0 bridgehead atoms. The van der Waals surface area contributed by atoms with Gasteiger partial charge in [-0.3, -0.25) is 9.48 Å².